The lowest BCUT2D eigenvalue weighted by molar-refractivity contribution is -0.132. The molecule has 3 aromatic rings. The Morgan fingerprint density at radius 2 is 1.40 bits per heavy atom. The van der Waals surface area contributed by atoms with Crippen molar-refractivity contribution in [2.24, 2.45) is 0 Å². The second-order valence-corrected chi connectivity index (χ2v) is 7.04. The normalized spacial score (nSPS) is 11.4. The fourth-order valence-corrected chi connectivity index (χ4v) is 2.81. The smallest absolute Gasteiger partial charge is 0.308 e. The summed E-state index contributed by atoms with van der Waals surface area (Å²) in [6, 6.07) is 19.8. The van der Waals surface area contributed by atoms with Crippen molar-refractivity contribution in [3.05, 3.63) is 66.4 Å². The average molecular weight is 334 g/mol. The molecule has 1 heterocycles. The molecule has 0 saturated heterocycles. The molecule has 0 radical (unpaired) electrons. The van der Waals surface area contributed by atoms with E-state index in [1.165, 1.54) is 6.92 Å². The van der Waals surface area contributed by atoms with Crippen molar-refractivity contribution in [3.63, 3.8) is 0 Å². The molecule has 3 nitrogen and oxygen atoms in total. The van der Waals surface area contributed by atoms with E-state index in [1.807, 2.05) is 81.4 Å². The number of rotatable bonds is 3. The van der Waals surface area contributed by atoms with Gasteiger partial charge in [0.2, 0.25) is 0 Å². The summed E-state index contributed by atoms with van der Waals surface area (Å²) in [4.78, 5) is 11.8. The Kier molecular flexibility index (Phi) is 4.49. The predicted molar refractivity (Wildman–Crippen MR) is 99.6 cm³/mol. The summed E-state index contributed by atoms with van der Waals surface area (Å²) in [5.74, 6) is 1.53. The standard InChI is InChI=1S/C22H22O3/c1-15(23)24-20-18(16-11-7-5-8-12-16)19(17-13-9-6-10-14-17)25-21(20)22(2,3)4/h5-14H,1-4H3. The molecule has 0 N–H and O–H groups in total. The van der Waals surface area contributed by atoms with E-state index in [0.717, 1.165) is 16.7 Å². The fraction of sp³-hybridized carbons (Fsp3) is 0.227. The van der Waals surface area contributed by atoms with Crippen molar-refractivity contribution in [1.82, 2.24) is 0 Å². The number of carbonyl (C=O) groups excluding carboxylic acids is 1. The maximum Gasteiger partial charge on any atom is 0.308 e. The molecule has 0 bridgehead atoms. The Balaban J connectivity index is 2.35. The van der Waals surface area contributed by atoms with Crippen LogP contribution in [0.4, 0.5) is 0 Å². The van der Waals surface area contributed by atoms with Crippen LogP contribution in [-0.4, -0.2) is 5.97 Å². The first kappa shape index (κ1) is 17.0. The average Bonchev–Trinajstić information content (AvgIpc) is 2.95. The molecule has 0 aliphatic rings. The number of ether oxygens (including phenoxy) is 1. The first-order chi connectivity index (χ1) is 11.9. The van der Waals surface area contributed by atoms with Crippen molar-refractivity contribution < 1.29 is 13.9 Å². The Bertz CT molecular complexity index is 869. The lowest BCUT2D eigenvalue weighted by Gasteiger charge is -2.17. The highest BCUT2D eigenvalue weighted by Gasteiger charge is 2.31. The van der Waals surface area contributed by atoms with Crippen molar-refractivity contribution >= 4 is 5.97 Å². The molecule has 0 saturated carbocycles. The van der Waals surface area contributed by atoms with Gasteiger partial charge in [0.15, 0.2) is 11.5 Å². The van der Waals surface area contributed by atoms with Gasteiger partial charge in [-0.05, 0) is 5.56 Å². The van der Waals surface area contributed by atoms with Crippen molar-refractivity contribution in [2.45, 2.75) is 33.1 Å². The van der Waals surface area contributed by atoms with Crippen LogP contribution in [0.1, 0.15) is 33.5 Å². The van der Waals surface area contributed by atoms with Gasteiger partial charge < -0.3 is 9.15 Å². The van der Waals surface area contributed by atoms with Crippen molar-refractivity contribution in [1.29, 1.82) is 0 Å². The summed E-state index contributed by atoms with van der Waals surface area (Å²) in [6.07, 6.45) is 0. The van der Waals surface area contributed by atoms with Gasteiger partial charge in [-0.25, -0.2) is 0 Å². The zero-order chi connectivity index (χ0) is 18.0. The highest BCUT2D eigenvalue weighted by molar-refractivity contribution is 5.88. The van der Waals surface area contributed by atoms with Gasteiger partial charge in [0.05, 0.1) is 5.56 Å². The minimum atomic E-state index is -0.358. The highest BCUT2D eigenvalue weighted by Crippen LogP contribution is 2.48. The maximum absolute atomic E-state index is 11.8. The van der Waals surface area contributed by atoms with Crippen LogP contribution in [0.15, 0.2) is 65.1 Å². The van der Waals surface area contributed by atoms with E-state index in [0.29, 0.717) is 17.3 Å². The van der Waals surface area contributed by atoms with Crippen LogP contribution < -0.4 is 4.74 Å². The molecule has 0 amide bonds. The topological polar surface area (TPSA) is 39.4 Å². The van der Waals surface area contributed by atoms with Crippen molar-refractivity contribution in [2.75, 3.05) is 0 Å². The third-order valence-electron chi connectivity index (χ3n) is 3.89. The second-order valence-electron chi connectivity index (χ2n) is 7.04. The van der Waals surface area contributed by atoms with Gasteiger partial charge in [0.25, 0.3) is 0 Å². The minimum absolute atomic E-state index is 0.304. The zero-order valence-electron chi connectivity index (χ0n) is 15.0. The summed E-state index contributed by atoms with van der Waals surface area (Å²) in [5, 5.41) is 0. The van der Waals surface area contributed by atoms with E-state index in [9.17, 15) is 4.79 Å². The molecule has 0 unspecified atom stereocenters. The number of furan rings is 1. The Morgan fingerprint density at radius 1 is 0.880 bits per heavy atom. The fourth-order valence-electron chi connectivity index (χ4n) is 2.81. The number of carbonyl (C=O) groups is 1. The summed E-state index contributed by atoms with van der Waals surface area (Å²) >= 11 is 0. The molecule has 2 aromatic carbocycles. The molecule has 0 atom stereocenters. The highest BCUT2D eigenvalue weighted by atomic mass is 16.5. The molecule has 1 aromatic heterocycles. The minimum Gasteiger partial charge on any atom is -0.456 e. The SMILES string of the molecule is CC(=O)Oc1c(C(C)(C)C)oc(-c2ccccc2)c1-c1ccccc1. The van der Waals surface area contributed by atoms with E-state index in [2.05, 4.69) is 0 Å². The summed E-state index contributed by atoms with van der Waals surface area (Å²) in [6.45, 7) is 7.55. The Morgan fingerprint density at radius 3 is 1.88 bits per heavy atom. The Hall–Kier alpha value is -2.81. The van der Waals surface area contributed by atoms with Crippen LogP contribution in [0.25, 0.3) is 22.5 Å². The first-order valence-electron chi connectivity index (χ1n) is 8.34. The van der Waals surface area contributed by atoms with Crippen LogP contribution in [0.5, 0.6) is 5.75 Å². The van der Waals surface area contributed by atoms with Gasteiger partial charge in [0, 0.05) is 17.9 Å². The van der Waals surface area contributed by atoms with Crippen LogP contribution in [0, 0.1) is 0 Å². The third kappa shape index (κ3) is 3.50. The van der Waals surface area contributed by atoms with E-state index in [1.54, 1.807) is 0 Å². The molecular weight excluding hydrogens is 312 g/mol. The monoisotopic (exact) mass is 334 g/mol. The number of benzene rings is 2. The predicted octanol–water partition coefficient (Wildman–Crippen LogP) is 5.84. The van der Waals surface area contributed by atoms with Gasteiger partial charge in [0.1, 0.15) is 5.76 Å². The molecular formula is C22H22O3. The lowest BCUT2D eigenvalue weighted by atomic mass is 9.91. The summed E-state index contributed by atoms with van der Waals surface area (Å²) in [7, 11) is 0. The molecule has 0 aliphatic heterocycles. The van der Waals surface area contributed by atoms with E-state index in [4.69, 9.17) is 9.15 Å². The van der Waals surface area contributed by atoms with Crippen LogP contribution in [-0.2, 0) is 10.2 Å². The van der Waals surface area contributed by atoms with Crippen molar-refractivity contribution in [3.8, 4) is 28.2 Å². The van der Waals surface area contributed by atoms with Gasteiger partial charge in [-0.3, -0.25) is 4.79 Å². The van der Waals surface area contributed by atoms with Gasteiger partial charge in [-0.2, -0.15) is 0 Å². The molecule has 0 spiro atoms. The van der Waals surface area contributed by atoms with E-state index in [-0.39, 0.29) is 11.4 Å². The number of esters is 1. The molecule has 25 heavy (non-hydrogen) atoms. The molecule has 128 valence electrons. The zero-order valence-corrected chi connectivity index (χ0v) is 15.0. The maximum atomic E-state index is 11.8. The number of hydrogen-bond acceptors (Lipinski definition) is 3. The van der Waals surface area contributed by atoms with Gasteiger partial charge in [-0.15, -0.1) is 0 Å². The molecule has 3 rings (SSSR count). The third-order valence-corrected chi connectivity index (χ3v) is 3.89. The molecule has 0 aliphatic carbocycles. The van der Waals surface area contributed by atoms with E-state index >= 15 is 0 Å². The van der Waals surface area contributed by atoms with Crippen LogP contribution in [0.2, 0.25) is 0 Å². The summed E-state index contributed by atoms with van der Waals surface area (Å²) < 4.78 is 11.9. The van der Waals surface area contributed by atoms with E-state index < -0.39 is 0 Å². The van der Waals surface area contributed by atoms with Crippen LogP contribution in [0.3, 0.4) is 0 Å². The van der Waals surface area contributed by atoms with Gasteiger partial charge >= 0.3 is 5.97 Å². The largest absolute Gasteiger partial charge is 0.456 e. The molecule has 3 heteroatoms. The quantitative estimate of drug-likeness (QED) is 0.565. The first-order valence-corrected chi connectivity index (χ1v) is 8.34. The number of hydrogen-bond donors (Lipinski definition) is 0. The molecule has 0 fully saturated rings. The Labute approximate surface area is 148 Å². The van der Waals surface area contributed by atoms with Crippen LogP contribution >= 0.6 is 0 Å². The summed E-state index contributed by atoms with van der Waals surface area (Å²) in [5.41, 5.74) is 2.41. The second kappa shape index (κ2) is 6.60. The lowest BCUT2D eigenvalue weighted by Crippen LogP contribution is -2.13. The van der Waals surface area contributed by atoms with Gasteiger partial charge in [-0.1, -0.05) is 81.4 Å².